The number of nitrogen functional groups attached to an aromatic ring is 1. The topological polar surface area (TPSA) is 62.8 Å². The molecular formula is C12H9Br2N3S. The molecule has 0 bridgehead atoms. The lowest BCUT2D eigenvalue weighted by Gasteiger charge is -2.08. The quantitative estimate of drug-likeness (QED) is 0.618. The fourth-order valence-electron chi connectivity index (χ4n) is 1.35. The number of halogens is 2. The molecule has 2 rings (SSSR count). The predicted molar refractivity (Wildman–Crippen MR) is 81.2 cm³/mol. The van der Waals surface area contributed by atoms with Crippen LogP contribution in [0.5, 0.6) is 0 Å². The number of nitrogens with zero attached hydrogens (tertiary/aromatic N) is 1. The molecule has 0 atom stereocenters. The van der Waals surface area contributed by atoms with Gasteiger partial charge in [-0.2, -0.15) is 0 Å². The summed E-state index contributed by atoms with van der Waals surface area (Å²) in [5.74, 6) is 0.0528. The highest BCUT2D eigenvalue weighted by atomic mass is 79.9. The zero-order valence-corrected chi connectivity index (χ0v) is 13.1. The van der Waals surface area contributed by atoms with Gasteiger partial charge in [0, 0.05) is 21.1 Å². The Balaban J connectivity index is 2.42. The van der Waals surface area contributed by atoms with Gasteiger partial charge < -0.3 is 5.73 Å². The second kappa shape index (κ2) is 5.86. The van der Waals surface area contributed by atoms with E-state index in [0.717, 1.165) is 18.9 Å². The van der Waals surface area contributed by atoms with Crippen LogP contribution in [0.3, 0.4) is 0 Å². The lowest BCUT2D eigenvalue weighted by Crippen LogP contribution is -2.12. The number of aromatic nitrogens is 1. The number of hydrogen-bond donors (Lipinski definition) is 2. The summed E-state index contributed by atoms with van der Waals surface area (Å²) in [5.41, 5.74) is 6.29. The Bertz CT molecular complexity index is 602. The zero-order valence-electron chi connectivity index (χ0n) is 9.15. The summed E-state index contributed by atoms with van der Waals surface area (Å²) >= 11 is 8.35. The van der Waals surface area contributed by atoms with Gasteiger partial charge in [-0.3, -0.25) is 5.41 Å². The van der Waals surface area contributed by atoms with E-state index in [2.05, 4.69) is 36.8 Å². The molecule has 3 N–H and O–H groups in total. The maximum atomic E-state index is 7.58. The van der Waals surface area contributed by atoms with Gasteiger partial charge in [0.2, 0.25) is 0 Å². The first-order chi connectivity index (χ1) is 8.58. The first kappa shape index (κ1) is 13.6. The van der Waals surface area contributed by atoms with E-state index in [4.69, 9.17) is 11.1 Å². The fourth-order valence-corrected chi connectivity index (χ4v) is 3.33. The van der Waals surface area contributed by atoms with E-state index in [1.54, 1.807) is 6.20 Å². The lowest BCUT2D eigenvalue weighted by atomic mass is 10.2. The van der Waals surface area contributed by atoms with Crippen molar-refractivity contribution in [3.63, 3.8) is 0 Å². The van der Waals surface area contributed by atoms with Crippen LogP contribution >= 0.6 is 43.6 Å². The molecule has 1 heterocycles. The van der Waals surface area contributed by atoms with E-state index in [0.29, 0.717) is 5.56 Å². The van der Waals surface area contributed by atoms with Crippen molar-refractivity contribution in [1.29, 1.82) is 5.41 Å². The van der Waals surface area contributed by atoms with Crippen LogP contribution in [-0.2, 0) is 0 Å². The number of benzene rings is 1. The molecule has 1 aromatic heterocycles. The second-order valence-corrected chi connectivity index (χ2v) is 6.25. The van der Waals surface area contributed by atoms with Crippen LogP contribution in [-0.4, -0.2) is 10.8 Å². The van der Waals surface area contributed by atoms with Gasteiger partial charge in [-0.15, -0.1) is 0 Å². The summed E-state index contributed by atoms with van der Waals surface area (Å²) in [6, 6.07) is 9.42. The molecule has 0 aliphatic carbocycles. The molecule has 0 saturated carbocycles. The first-order valence-electron chi connectivity index (χ1n) is 5.00. The molecule has 0 aliphatic rings. The van der Waals surface area contributed by atoms with Crippen molar-refractivity contribution in [3.05, 3.63) is 51.0 Å². The van der Waals surface area contributed by atoms with Crippen LogP contribution in [0.25, 0.3) is 0 Å². The van der Waals surface area contributed by atoms with Gasteiger partial charge in [-0.1, -0.05) is 27.7 Å². The van der Waals surface area contributed by atoms with E-state index in [1.165, 1.54) is 11.8 Å². The van der Waals surface area contributed by atoms with Crippen LogP contribution in [0.4, 0.5) is 0 Å². The highest BCUT2D eigenvalue weighted by Crippen LogP contribution is 2.34. The number of rotatable bonds is 3. The Morgan fingerprint density at radius 2 is 2.06 bits per heavy atom. The average molecular weight is 387 g/mol. The van der Waals surface area contributed by atoms with Gasteiger partial charge in [0.25, 0.3) is 0 Å². The minimum absolute atomic E-state index is 0.0528. The number of amidine groups is 1. The molecule has 6 heteroatoms. The highest BCUT2D eigenvalue weighted by Gasteiger charge is 2.10. The summed E-state index contributed by atoms with van der Waals surface area (Å²) in [5, 5.41) is 8.43. The molecule has 0 aliphatic heterocycles. The Morgan fingerprint density at radius 1 is 1.28 bits per heavy atom. The lowest BCUT2D eigenvalue weighted by molar-refractivity contribution is 1.11. The second-order valence-electron chi connectivity index (χ2n) is 3.45. The Labute approximate surface area is 126 Å². The summed E-state index contributed by atoms with van der Waals surface area (Å²) in [6.45, 7) is 0. The Morgan fingerprint density at radius 3 is 2.72 bits per heavy atom. The van der Waals surface area contributed by atoms with E-state index in [9.17, 15) is 0 Å². The molecule has 1 aromatic carbocycles. The standard InChI is InChI=1S/C12H9Br2N3S/c13-7-3-4-8(11(15)16)10(6-7)18-12-9(14)2-1-5-17-12/h1-6H,(H3,15,16). The molecule has 0 unspecified atom stereocenters. The minimum atomic E-state index is 0.0528. The molecule has 0 amide bonds. The minimum Gasteiger partial charge on any atom is -0.384 e. The SMILES string of the molecule is N=C(N)c1ccc(Br)cc1Sc1ncccc1Br. The van der Waals surface area contributed by atoms with Gasteiger partial charge in [0.15, 0.2) is 0 Å². The van der Waals surface area contributed by atoms with Crippen molar-refractivity contribution in [2.45, 2.75) is 9.92 Å². The van der Waals surface area contributed by atoms with Gasteiger partial charge >= 0.3 is 0 Å². The smallest absolute Gasteiger partial charge is 0.123 e. The molecule has 18 heavy (non-hydrogen) atoms. The van der Waals surface area contributed by atoms with E-state index in [1.807, 2.05) is 30.3 Å². The third-order valence-corrected chi connectivity index (χ3v) is 4.64. The van der Waals surface area contributed by atoms with Gasteiger partial charge in [-0.05, 0) is 46.3 Å². The van der Waals surface area contributed by atoms with Crippen molar-refractivity contribution in [1.82, 2.24) is 4.98 Å². The third-order valence-electron chi connectivity index (χ3n) is 2.17. The molecular weight excluding hydrogens is 378 g/mol. The van der Waals surface area contributed by atoms with Crippen molar-refractivity contribution in [2.24, 2.45) is 5.73 Å². The molecule has 3 nitrogen and oxygen atoms in total. The molecule has 0 fully saturated rings. The van der Waals surface area contributed by atoms with E-state index >= 15 is 0 Å². The van der Waals surface area contributed by atoms with Crippen LogP contribution in [0.15, 0.2) is 55.4 Å². The van der Waals surface area contributed by atoms with Crippen molar-refractivity contribution in [3.8, 4) is 0 Å². The van der Waals surface area contributed by atoms with Crippen molar-refractivity contribution >= 4 is 49.5 Å². The maximum absolute atomic E-state index is 7.58. The van der Waals surface area contributed by atoms with Gasteiger partial charge in [-0.25, -0.2) is 4.98 Å². The number of hydrogen-bond acceptors (Lipinski definition) is 3. The molecule has 92 valence electrons. The Hall–Kier alpha value is -0.850. The monoisotopic (exact) mass is 385 g/mol. The van der Waals surface area contributed by atoms with Crippen LogP contribution in [0, 0.1) is 5.41 Å². The Kier molecular flexibility index (Phi) is 4.42. The van der Waals surface area contributed by atoms with E-state index in [-0.39, 0.29) is 5.84 Å². The summed E-state index contributed by atoms with van der Waals surface area (Å²) in [6.07, 6.45) is 1.73. The predicted octanol–water partition coefficient (Wildman–Crippen LogP) is 4.04. The zero-order chi connectivity index (χ0) is 13.1. The normalized spacial score (nSPS) is 10.3. The third kappa shape index (κ3) is 3.13. The van der Waals surface area contributed by atoms with Gasteiger partial charge in [0.05, 0.1) is 4.47 Å². The number of pyridine rings is 1. The molecule has 0 radical (unpaired) electrons. The van der Waals surface area contributed by atoms with E-state index < -0.39 is 0 Å². The fraction of sp³-hybridized carbons (Fsp3) is 0. The maximum Gasteiger partial charge on any atom is 0.123 e. The average Bonchev–Trinajstić information content (AvgIpc) is 2.32. The largest absolute Gasteiger partial charge is 0.384 e. The number of nitrogens with two attached hydrogens (primary N) is 1. The van der Waals surface area contributed by atoms with Gasteiger partial charge in [0.1, 0.15) is 10.9 Å². The van der Waals surface area contributed by atoms with Crippen molar-refractivity contribution < 1.29 is 0 Å². The molecule has 0 spiro atoms. The molecule has 2 aromatic rings. The summed E-state index contributed by atoms with van der Waals surface area (Å²) in [7, 11) is 0. The van der Waals surface area contributed by atoms with Crippen LogP contribution in [0.2, 0.25) is 0 Å². The first-order valence-corrected chi connectivity index (χ1v) is 7.40. The van der Waals surface area contributed by atoms with Crippen LogP contribution in [0.1, 0.15) is 5.56 Å². The molecule has 0 saturated heterocycles. The highest BCUT2D eigenvalue weighted by molar-refractivity contribution is 9.10. The summed E-state index contributed by atoms with van der Waals surface area (Å²) in [4.78, 5) is 5.19. The summed E-state index contributed by atoms with van der Waals surface area (Å²) < 4.78 is 1.87. The van der Waals surface area contributed by atoms with Crippen molar-refractivity contribution in [2.75, 3.05) is 0 Å². The van der Waals surface area contributed by atoms with Crippen LogP contribution < -0.4 is 5.73 Å². The number of nitrogens with one attached hydrogen (secondary N) is 1.